The minimum absolute atomic E-state index is 0.0225. The first kappa shape index (κ1) is 20.0. The summed E-state index contributed by atoms with van der Waals surface area (Å²) in [6.07, 6.45) is 5.55. The summed E-state index contributed by atoms with van der Waals surface area (Å²) in [5, 5.41) is 12.8. The van der Waals surface area contributed by atoms with E-state index in [-0.39, 0.29) is 5.41 Å². The van der Waals surface area contributed by atoms with Crippen LogP contribution in [0.1, 0.15) is 60.3 Å². The van der Waals surface area contributed by atoms with Gasteiger partial charge in [-0.25, -0.2) is 0 Å². The van der Waals surface area contributed by atoms with Crippen LogP contribution < -0.4 is 4.90 Å². The number of rotatable bonds is 4. The molecule has 0 saturated carbocycles. The second-order valence-electron chi connectivity index (χ2n) is 10.4. The number of piperidine rings is 3. The molecule has 5 heterocycles. The Kier molecular flexibility index (Phi) is 5.05. The third kappa shape index (κ3) is 3.67. The molecule has 4 fully saturated rings. The van der Waals surface area contributed by atoms with Gasteiger partial charge < -0.3 is 19.6 Å². The van der Waals surface area contributed by atoms with Crippen molar-refractivity contribution in [1.82, 2.24) is 4.90 Å². The molecule has 0 aromatic carbocycles. The Balaban J connectivity index is 1.46. The lowest BCUT2D eigenvalue weighted by molar-refractivity contribution is -0.115. The molecule has 1 N–H and O–H groups in total. The van der Waals surface area contributed by atoms with E-state index in [2.05, 4.69) is 23.6 Å². The molecule has 1 atom stereocenters. The lowest BCUT2D eigenvalue weighted by Gasteiger charge is -2.50. The normalized spacial score (nSPS) is 33.8. The highest BCUT2D eigenvalue weighted by atomic mass is 32.1. The first-order valence-corrected chi connectivity index (χ1v) is 12.1. The molecule has 29 heavy (non-hydrogen) atoms. The Morgan fingerprint density at radius 3 is 2.52 bits per heavy atom. The number of morpholine rings is 1. The van der Waals surface area contributed by atoms with Crippen LogP contribution in [0.5, 0.6) is 0 Å². The van der Waals surface area contributed by atoms with E-state index in [1.54, 1.807) is 11.3 Å². The second kappa shape index (κ2) is 7.33. The number of anilines is 1. The zero-order valence-electron chi connectivity index (χ0n) is 17.8. The van der Waals surface area contributed by atoms with Crippen molar-refractivity contribution < 1.29 is 14.6 Å². The highest BCUT2D eigenvalue weighted by Gasteiger charge is 2.45. The van der Waals surface area contributed by atoms with Gasteiger partial charge in [0.1, 0.15) is 0 Å². The number of hydrogen-bond donors (Lipinski definition) is 1. The van der Waals surface area contributed by atoms with Crippen molar-refractivity contribution in [2.75, 3.05) is 50.8 Å². The Labute approximate surface area is 178 Å². The molecule has 1 unspecified atom stereocenters. The fourth-order valence-electron chi connectivity index (χ4n) is 6.00. The van der Waals surface area contributed by atoms with E-state index < -0.39 is 5.60 Å². The van der Waals surface area contributed by atoms with Crippen LogP contribution in [0.2, 0.25) is 0 Å². The lowest BCUT2D eigenvalue weighted by Crippen LogP contribution is -2.59. The Bertz CT molecular complexity index is 790. The van der Waals surface area contributed by atoms with Crippen molar-refractivity contribution >= 4 is 22.1 Å². The maximum Gasteiger partial charge on any atom is 0.173 e. The zero-order chi connectivity index (χ0) is 20.2. The van der Waals surface area contributed by atoms with E-state index >= 15 is 0 Å². The van der Waals surface area contributed by atoms with Crippen LogP contribution in [0.4, 0.5) is 5.00 Å². The summed E-state index contributed by atoms with van der Waals surface area (Å²) in [6, 6.07) is 0. The molecule has 6 rings (SSSR count). The number of ketones is 1. The lowest BCUT2D eigenvalue weighted by atomic mass is 9.71. The van der Waals surface area contributed by atoms with Crippen LogP contribution in [0.15, 0.2) is 0 Å². The largest absolute Gasteiger partial charge is 0.388 e. The maximum atomic E-state index is 12.9. The molecule has 1 aliphatic carbocycles. The van der Waals surface area contributed by atoms with Crippen molar-refractivity contribution in [3.8, 4) is 0 Å². The molecule has 1 aromatic heterocycles. The average Bonchev–Trinajstić information content (AvgIpc) is 3.05. The first-order valence-electron chi connectivity index (χ1n) is 11.3. The van der Waals surface area contributed by atoms with E-state index in [9.17, 15) is 9.90 Å². The number of carbonyl (C=O) groups is 1. The van der Waals surface area contributed by atoms with Crippen molar-refractivity contribution in [3.63, 3.8) is 0 Å². The van der Waals surface area contributed by atoms with Crippen molar-refractivity contribution in [3.05, 3.63) is 16.0 Å². The molecule has 0 amide bonds. The molecule has 0 spiro atoms. The van der Waals surface area contributed by atoms with E-state index in [1.165, 1.54) is 16.1 Å². The van der Waals surface area contributed by atoms with Gasteiger partial charge in [-0.15, -0.1) is 11.3 Å². The molecule has 160 valence electrons. The molecular weight excluding hydrogens is 384 g/mol. The highest BCUT2D eigenvalue weighted by molar-refractivity contribution is 7.18. The number of ether oxygens (including phenoxy) is 1. The van der Waals surface area contributed by atoms with Gasteiger partial charge in [0.2, 0.25) is 0 Å². The number of aliphatic hydroxyl groups is 1. The smallest absolute Gasteiger partial charge is 0.173 e. The maximum absolute atomic E-state index is 12.9. The van der Waals surface area contributed by atoms with Crippen LogP contribution in [-0.2, 0) is 17.6 Å². The SMILES string of the molecule is CC1(C)CC(=O)c2sc(N3CCOCC3)c(CCC3(O)CN4CCC3CC4)c2C1. The summed E-state index contributed by atoms with van der Waals surface area (Å²) in [6.45, 7) is 10.8. The van der Waals surface area contributed by atoms with Crippen LogP contribution in [0.25, 0.3) is 0 Å². The Hall–Kier alpha value is -0.950. The summed E-state index contributed by atoms with van der Waals surface area (Å²) in [5.41, 5.74) is 2.08. The van der Waals surface area contributed by atoms with Crippen LogP contribution in [-0.4, -0.2) is 67.3 Å². The third-order valence-electron chi connectivity index (χ3n) is 7.59. The second-order valence-corrected chi connectivity index (χ2v) is 11.4. The molecule has 2 bridgehead atoms. The van der Waals surface area contributed by atoms with Crippen molar-refractivity contribution in [2.45, 2.75) is 58.0 Å². The number of Topliss-reactive ketones (excluding diaryl/α,β-unsaturated/α-hetero) is 1. The Morgan fingerprint density at radius 2 is 1.86 bits per heavy atom. The van der Waals surface area contributed by atoms with Gasteiger partial charge in [0.25, 0.3) is 0 Å². The van der Waals surface area contributed by atoms with Crippen LogP contribution in [0.3, 0.4) is 0 Å². The number of fused-ring (bicyclic) bond motifs is 4. The van der Waals surface area contributed by atoms with Gasteiger partial charge in [-0.3, -0.25) is 4.79 Å². The molecule has 5 aliphatic rings. The van der Waals surface area contributed by atoms with Gasteiger partial charge in [-0.1, -0.05) is 13.8 Å². The molecule has 1 aromatic rings. The predicted molar refractivity (Wildman–Crippen MR) is 116 cm³/mol. The molecule has 4 aliphatic heterocycles. The average molecular weight is 419 g/mol. The third-order valence-corrected chi connectivity index (χ3v) is 8.97. The van der Waals surface area contributed by atoms with Gasteiger partial charge >= 0.3 is 0 Å². The molecule has 6 heteroatoms. The van der Waals surface area contributed by atoms with Gasteiger partial charge in [-0.05, 0) is 67.7 Å². The summed E-state index contributed by atoms with van der Waals surface area (Å²) >= 11 is 1.71. The quantitative estimate of drug-likeness (QED) is 0.814. The van der Waals surface area contributed by atoms with Gasteiger partial charge in [-0.2, -0.15) is 0 Å². The zero-order valence-corrected chi connectivity index (χ0v) is 18.7. The van der Waals surface area contributed by atoms with E-state index in [0.29, 0.717) is 18.1 Å². The topological polar surface area (TPSA) is 53.0 Å². The van der Waals surface area contributed by atoms with Crippen molar-refractivity contribution in [2.24, 2.45) is 11.3 Å². The number of hydrogen-bond acceptors (Lipinski definition) is 6. The monoisotopic (exact) mass is 418 g/mol. The summed E-state index contributed by atoms with van der Waals surface area (Å²) in [4.78, 5) is 18.8. The van der Waals surface area contributed by atoms with E-state index in [0.717, 1.165) is 82.9 Å². The predicted octanol–water partition coefficient (Wildman–Crippen LogP) is 3.13. The van der Waals surface area contributed by atoms with Crippen LogP contribution >= 0.6 is 11.3 Å². The Morgan fingerprint density at radius 1 is 1.14 bits per heavy atom. The molecular formula is C23H34N2O3S. The molecule has 5 nitrogen and oxygen atoms in total. The minimum atomic E-state index is -0.568. The summed E-state index contributed by atoms with van der Waals surface area (Å²) in [7, 11) is 0. The van der Waals surface area contributed by atoms with Gasteiger partial charge in [0.15, 0.2) is 5.78 Å². The van der Waals surface area contributed by atoms with E-state index in [1.807, 2.05) is 0 Å². The van der Waals surface area contributed by atoms with Crippen molar-refractivity contribution in [1.29, 1.82) is 0 Å². The summed E-state index contributed by atoms with van der Waals surface area (Å²) < 4.78 is 5.57. The number of nitrogens with zero attached hydrogens (tertiary/aromatic N) is 2. The number of carbonyl (C=O) groups excluding carboxylic acids is 1. The molecule has 4 saturated heterocycles. The minimum Gasteiger partial charge on any atom is -0.388 e. The fraction of sp³-hybridized carbons (Fsp3) is 0.783. The van der Waals surface area contributed by atoms with Gasteiger partial charge in [0.05, 0.1) is 28.7 Å². The number of thiophene rings is 1. The molecule has 0 radical (unpaired) electrons. The highest BCUT2D eigenvalue weighted by Crippen LogP contribution is 2.47. The summed E-state index contributed by atoms with van der Waals surface area (Å²) in [5.74, 6) is 0.746. The first-order chi connectivity index (χ1) is 13.8. The standard InChI is InChI=1S/C23H34N2O3S/c1-22(2)13-18-17(3-6-23(27)15-24-7-4-16(23)5-8-24)21(25-9-11-28-12-10-25)29-20(18)19(26)14-22/h16,27H,3-15H2,1-2H3. The van der Waals surface area contributed by atoms with E-state index in [4.69, 9.17) is 4.74 Å². The fourth-order valence-corrected chi connectivity index (χ4v) is 7.36. The van der Waals surface area contributed by atoms with Gasteiger partial charge in [0, 0.05) is 26.1 Å². The van der Waals surface area contributed by atoms with Crippen LogP contribution in [0, 0.1) is 11.3 Å².